The molecule has 0 aliphatic carbocycles. The number of carbonyl (C=O) groups excluding carboxylic acids is 1. The van der Waals surface area contributed by atoms with Gasteiger partial charge in [0, 0.05) is 16.0 Å². The predicted molar refractivity (Wildman–Crippen MR) is 101 cm³/mol. The third-order valence-electron chi connectivity index (χ3n) is 3.95. The van der Waals surface area contributed by atoms with E-state index in [1.807, 2.05) is 0 Å². The third-order valence-corrected chi connectivity index (χ3v) is 5.03. The molecule has 0 radical (unpaired) electrons. The molecule has 2 aromatic heterocycles. The van der Waals surface area contributed by atoms with E-state index in [0.29, 0.717) is 38.0 Å². The van der Waals surface area contributed by atoms with Crippen LogP contribution in [0.2, 0.25) is 5.02 Å². The van der Waals surface area contributed by atoms with Crippen LogP contribution < -0.4 is 0 Å². The summed E-state index contributed by atoms with van der Waals surface area (Å²) < 4.78 is 19.8. The Morgan fingerprint density at radius 2 is 1.92 bits per heavy atom. The summed E-state index contributed by atoms with van der Waals surface area (Å²) in [5, 5.41) is 1.49. The number of oxazole rings is 1. The zero-order chi connectivity index (χ0) is 18.3. The van der Waals surface area contributed by atoms with E-state index in [1.54, 1.807) is 43.3 Å². The number of halogens is 2. The van der Waals surface area contributed by atoms with Crippen molar-refractivity contribution in [2.45, 2.75) is 12.1 Å². The van der Waals surface area contributed by atoms with E-state index in [1.165, 1.54) is 17.8 Å². The molecule has 26 heavy (non-hydrogen) atoms. The SMILES string of the molecule is Cc1nc2c(F)cccc2c2oc(SCC(=O)c3ccc(Cl)cc3)nc12. The van der Waals surface area contributed by atoms with Gasteiger partial charge in [-0.05, 0) is 43.3 Å². The first-order valence-electron chi connectivity index (χ1n) is 7.80. The van der Waals surface area contributed by atoms with Crippen molar-refractivity contribution in [3.8, 4) is 0 Å². The summed E-state index contributed by atoms with van der Waals surface area (Å²) in [6.07, 6.45) is 0. The van der Waals surface area contributed by atoms with Gasteiger partial charge in [0.15, 0.2) is 11.4 Å². The monoisotopic (exact) mass is 386 g/mol. The van der Waals surface area contributed by atoms with Gasteiger partial charge in [0.05, 0.1) is 11.4 Å². The van der Waals surface area contributed by atoms with Crippen LogP contribution in [0.15, 0.2) is 52.1 Å². The van der Waals surface area contributed by atoms with Crippen molar-refractivity contribution in [2.24, 2.45) is 0 Å². The lowest BCUT2D eigenvalue weighted by Gasteiger charge is -2.00. The van der Waals surface area contributed by atoms with E-state index in [0.717, 1.165) is 0 Å². The number of aryl methyl sites for hydroxylation is 1. The third kappa shape index (κ3) is 3.06. The predicted octanol–water partition coefficient (Wildman–Crippen LogP) is 5.45. The summed E-state index contributed by atoms with van der Waals surface area (Å²) in [5.74, 6) is -0.288. The Labute approximate surface area is 157 Å². The Balaban J connectivity index is 1.64. The number of hydrogen-bond donors (Lipinski definition) is 0. The number of carbonyl (C=O) groups is 1. The van der Waals surface area contributed by atoms with Crippen LogP contribution in [0.4, 0.5) is 4.39 Å². The number of nitrogens with zero attached hydrogens (tertiary/aromatic N) is 2. The lowest BCUT2D eigenvalue weighted by molar-refractivity contribution is 0.102. The highest BCUT2D eigenvalue weighted by Crippen LogP contribution is 2.31. The molecule has 0 fully saturated rings. The van der Waals surface area contributed by atoms with Crippen LogP contribution in [-0.2, 0) is 0 Å². The lowest BCUT2D eigenvalue weighted by Crippen LogP contribution is -2.01. The second kappa shape index (κ2) is 6.70. The number of benzene rings is 2. The molecule has 0 bridgehead atoms. The first-order valence-corrected chi connectivity index (χ1v) is 9.16. The molecule has 0 saturated heterocycles. The lowest BCUT2D eigenvalue weighted by atomic mass is 10.1. The Morgan fingerprint density at radius 3 is 2.69 bits per heavy atom. The van der Waals surface area contributed by atoms with Gasteiger partial charge < -0.3 is 4.42 Å². The first kappa shape index (κ1) is 17.0. The van der Waals surface area contributed by atoms with E-state index in [-0.39, 0.29) is 17.1 Å². The summed E-state index contributed by atoms with van der Waals surface area (Å²) in [5.41, 5.74) is 2.46. The molecule has 0 unspecified atom stereocenters. The average Bonchev–Trinajstić information content (AvgIpc) is 3.07. The molecule has 0 atom stereocenters. The minimum atomic E-state index is -0.406. The zero-order valence-electron chi connectivity index (χ0n) is 13.6. The Morgan fingerprint density at radius 1 is 1.15 bits per heavy atom. The molecule has 0 amide bonds. The maximum absolute atomic E-state index is 14.0. The number of pyridine rings is 1. The number of thioether (sulfide) groups is 1. The molecule has 0 N–H and O–H groups in total. The number of aromatic nitrogens is 2. The molecule has 7 heteroatoms. The van der Waals surface area contributed by atoms with Crippen molar-refractivity contribution in [3.05, 3.63) is 64.6 Å². The molecule has 0 spiro atoms. The van der Waals surface area contributed by atoms with Gasteiger partial charge in [-0.15, -0.1) is 0 Å². The van der Waals surface area contributed by atoms with Crippen molar-refractivity contribution in [2.75, 3.05) is 5.75 Å². The molecule has 2 aromatic carbocycles. The van der Waals surface area contributed by atoms with Crippen LogP contribution in [0.25, 0.3) is 22.0 Å². The van der Waals surface area contributed by atoms with Gasteiger partial charge >= 0.3 is 0 Å². The van der Waals surface area contributed by atoms with E-state index in [9.17, 15) is 9.18 Å². The molecule has 0 aliphatic heterocycles. The van der Waals surface area contributed by atoms with E-state index in [2.05, 4.69) is 9.97 Å². The summed E-state index contributed by atoms with van der Waals surface area (Å²) >= 11 is 7.03. The van der Waals surface area contributed by atoms with Crippen molar-refractivity contribution in [1.82, 2.24) is 9.97 Å². The molecule has 0 saturated carbocycles. The molecule has 4 rings (SSSR count). The van der Waals surface area contributed by atoms with Gasteiger partial charge in [0.1, 0.15) is 16.9 Å². The van der Waals surface area contributed by atoms with Crippen LogP contribution in [-0.4, -0.2) is 21.5 Å². The smallest absolute Gasteiger partial charge is 0.257 e. The van der Waals surface area contributed by atoms with Gasteiger partial charge in [-0.3, -0.25) is 4.79 Å². The van der Waals surface area contributed by atoms with Crippen LogP contribution in [0.5, 0.6) is 0 Å². The fraction of sp³-hybridized carbons (Fsp3) is 0.105. The van der Waals surface area contributed by atoms with E-state index in [4.69, 9.17) is 16.0 Å². The highest BCUT2D eigenvalue weighted by Gasteiger charge is 2.17. The topological polar surface area (TPSA) is 56.0 Å². The van der Waals surface area contributed by atoms with Crippen LogP contribution >= 0.6 is 23.4 Å². The maximum Gasteiger partial charge on any atom is 0.257 e. The quantitative estimate of drug-likeness (QED) is 0.344. The number of para-hydroxylation sites is 1. The van der Waals surface area contributed by atoms with Crippen molar-refractivity contribution >= 4 is 51.1 Å². The Bertz CT molecular complexity index is 1140. The van der Waals surface area contributed by atoms with E-state index < -0.39 is 5.82 Å². The van der Waals surface area contributed by atoms with Crippen molar-refractivity contribution < 1.29 is 13.6 Å². The number of fused-ring (bicyclic) bond motifs is 3. The average molecular weight is 387 g/mol. The van der Waals surface area contributed by atoms with Crippen molar-refractivity contribution in [1.29, 1.82) is 0 Å². The summed E-state index contributed by atoms with van der Waals surface area (Å²) in [4.78, 5) is 21.0. The molecular formula is C19H12ClFN2O2S. The number of hydrogen-bond acceptors (Lipinski definition) is 5. The zero-order valence-corrected chi connectivity index (χ0v) is 15.2. The van der Waals surface area contributed by atoms with Crippen LogP contribution in [0.3, 0.4) is 0 Å². The minimum absolute atomic E-state index is 0.0559. The molecule has 4 nitrogen and oxygen atoms in total. The molecule has 4 aromatic rings. The highest BCUT2D eigenvalue weighted by atomic mass is 35.5. The van der Waals surface area contributed by atoms with Crippen LogP contribution in [0.1, 0.15) is 16.1 Å². The summed E-state index contributed by atoms with van der Waals surface area (Å²) in [7, 11) is 0. The van der Waals surface area contributed by atoms with Crippen LogP contribution in [0, 0.1) is 12.7 Å². The maximum atomic E-state index is 14.0. The molecular weight excluding hydrogens is 375 g/mol. The molecule has 0 aliphatic rings. The normalized spacial score (nSPS) is 11.3. The van der Waals surface area contributed by atoms with E-state index >= 15 is 0 Å². The number of Topliss-reactive ketones (excluding diaryl/α,β-unsaturated/α-hetero) is 1. The van der Waals surface area contributed by atoms with Crippen molar-refractivity contribution in [3.63, 3.8) is 0 Å². The fourth-order valence-corrected chi connectivity index (χ4v) is 3.51. The van der Waals surface area contributed by atoms with Gasteiger partial charge in [-0.2, -0.15) is 0 Å². The summed E-state index contributed by atoms with van der Waals surface area (Å²) in [6, 6.07) is 11.4. The second-order valence-corrected chi connectivity index (χ2v) is 7.07. The summed E-state index contributed by atoms with van der Waals surface area (Å²) in [6.45, 7) is 1.75. The Hall–Kier alpha value is -2.44. The largest absolute Gasteiger partial charge is 0.431 e. The number of rotatable bonds is 4. The molecule has 130 valence electrons. The Kier molecular flexibility index (Phi) is 4.38. The fourth-order valence-electron chi connectivity index (χ4n) is 2.67. The number of ketones is 1. The van der Waals surface area contributed by atoms with Gasteiger partial charge in [0.25, 0.3) is 5.22 Å². The van der Waals surface area contributed by atoms with Gasteiger partial charge in [-0.25, -0.2) is 14.4 Å². The first-order chi connectivity index (χ1) is 12.5. The minimum Gasteiger partial charge on any atom is -0.431 e. The second-order valence-electron chi connectivity index (χ2n) is 5.71. The highest BCUT2D eigenvalue weighted by molar-refractivity contribution is 7.99. The standard InChI is InChI=1S/C19H12ClFN2O2S/c1-10-16-18(13-3-2-4-14(21)17(13)22-10)25-19(23-16)26-9-15(24)11-5-7-12(20)8-6-11/h2-8H,9H2,1H3. The van der Waals surface area contributed by atoms with Gasteiger partial charge in [0.2, 0.25) is 0 Å². The van der Waals surface area contributed by atoms with Gasteiger partial charge in [-0.1, -0.05) is 29.4 Å². The molecule has 2 heterocycles.